The van der Waals surface area contributed by atoms with Crippen LogP contribution in [0.3, 0.4) is 0 Å². The highest BCUT2D eigenvalue weighted by Gasteiger charge is 2.26. The Labute approximate surface area is 224 Å². The minimum atomic E-state index is -3.55. The lowest BCUT2D eigenvalue weighted by Gasteiger charge is -2.29. The van der Waals surface area contributed by atoms with E-state index in [0.717, 1.165) is 16.7 Å². The Hall–Kier alpha value is -3.56. The van der Waals surface area contributed by atoms with Crippen molar-refractivity contribution in [1.82, 2.24) is 14.9 Å². The van der Waals surface area contributed by atoms with Gasteiger partial charge in [0.15, 0.2) is 0 Å². The van der Waals surface area contributed by atoms with Gasteiger partial charge in [0.25, 0.3) is 0 Å². The number of rotatable bonds is 12. The zero-order valence-corrected chi connectivity index (χ0v) is 22.7. The summed E-state index contributed by atoms with van der Waals surface area (Å²) >= 11 is 0. The number of aryl methyl sites for hydroxylation is 2. The summed E-state index contributed by atoms with van der Waals surface area (Å²) in [4.78, 5) is 28.0. The van der Waals surface area contributed by atoms with E-state index in [1.54, 1.807) is 38.1 Å². The van der Waals surface area contributed by atoms with E-state index in [9.17, 15) is 22.4 Å². The third kappa shape index (κ3) is 8.22. The highest BCUT2D eigenvalue weighted by Crippen LogP contribution is 2.16. The van der Waals surface area contributed by atoms with E-state index in [4.69, 9.17) is 0 Å². The van der Waals surface area contributed by atoms with Crippen LogP contribution in [0.5, 0.6) is 0 Å². The zero-order valence-electron chi connectivity index (χ0n) is 21.9. The molecule has 3 aromatic carbocycles. The Morgan fingerprint density at radius 3 is 2.08 bits per heavy atom. The number of hydrogen-bond donors (Lipinski definition) is 2. The van der Waals surface area contributed by atoms with E-state index >= 15 is 0 Å². The largest absolute Gasteiger partial charge is 0.350 e. The molecule has 0 aliphatic heterocycles. The molecule has 2 amide bonds. The van der Waals surface area contributed by atoms with Crippen molar-refractivity contribution in [3.05, 3.63) is 101 Å². The maximum absolute atomic E-state index is 13.4. The summed E-state index contributed by atoms with van der Waals surface area (Å²) in [5.41, 5.74) is 3.58. The van der Waals surface area contributed by atoms with Gasteiger partial charge in [-0.05, 0) is 61.2 Å². The summed E-state index contributed by atoms with van der Waals surface area (Å²) in [6.07, 6.45) is 0.494. The number of hydrogen-bond acceptors (Lipinski definition) is 4. The second kappa shape index (κ2) is 13.3. The number of sulfonamides is 1. The molecule has 0 saturated carbocycles. The Balaban J connectivity index is 1.69. The van der Waals surface area contributed by atoms with Crippen LogP contribution in [0.4, 0.5) is 4.39 Å². The molecule has 0 spiro atoms. The summed E-state index contributed by atoms with van der Waals surface area (Å²) < 4.78 is 40.2. The molecule has 3 aromatic rings. The molecular formula is C29H34FN3O4S. The average molecular weight is 540 g/mol. The lowest BCUT2D eigenvalue weighted by Crippen LogP contribution is -2.47. The summed E-state index contributed by atoms with van der Waals surface area (Å²) in [6.45, 7) is 6.15. The number of carbonyl (C=O) groups is 2. The topological polar surface area (TPSA) is 95.6 Å². The smallest absolute Gasteiger partial charge is 0.242 e. The second-order valence-electron chi connectivity index (χ2n) is 9.17. The van der Waals surface area contributed by atoms with Crippen LogP contribution in [0.15, 0.2) is 77.7 Å². The predicted molar refractivity (Wildman–Crippen MR) is 145 cm³/mol. The van der Waals surface area contributed by atoms with Crippen LogP contribution in [-0.2, 0) is 39.1 Å². The molecular weight excluding hydrogens is 505 g/mol. The van der Waals surface area contributed by atoms with Crippen molar-refractivity contribution in [1.29, 1.82) is 0 Å². The number of carbonyl (C=O) groups excluding carboxylic acids is 2. The van der Waals surface area contributed by atoms with Crippen molar-refractivity contribution in [3.63, 3.8) is 0 Å². The standard InChI is InChI=1S/C29H34FN3O4S/c1-4-32-38(36,37)27-16-11-23(12-17-27)13-18-28(34)33(20-25-9-14-26(30)15-10-25)22(3)29(35)31-19-24-7-5-21(2)6-8-24/h5-12,14-17,22,32H,4,13,18-20H2,1-3H3,(H,31,35). The highest BCUT2D eigenvalue weighted by molar-refractivity contribution is 7.89. The average Bonchev–Trinajstić information content (AvgIpc) is 2.90. The summed E-state index contributed by atoms with van der Waals surface area (Å²) in [5.74, 6) is -0.911. The van der Waals surface area contributed by atoms with Crippen molar-refractivity contribution in [2.45, 2.75) is 57.6 Å². The third-order valence-electron chi connectivity index (χ3n) is 6.22. The molecule has 0 heterocycles. The van der Waals surface area contributed by atoms with Crippen LogP contribution in [0, 0.1) is 12.7 Å². The van der Waals surface area contributed by atoms with Crippen molar-refractivity contribution in [3.8, 4) is 0 Å². The van der Waals surface area contributed by atoms with Gasteiger partial charge in [-0.1, -0.05) is 61.0 Å². The minimum absolute atomic E-state index is 0.121. The number of halogens is 1. The number of nitrogens with zero attached hydrogens (tertiary/aromatic N) is 1. The lowest BCUT2D eigenvalue weighted by molar-refractivity contribution is -0.140. The Morgan fingerprint density at radius 2 is 1.47 bits per heavy atom. The first-order chi connectivity index (χ1) is 18.1. The monoisotopic (exact) mass is 539 g/mol. The van der Waals surface area contributed by atoms with Crippen LogP contribution in [0.2, 0.25) is 0 Å². The number of amides is 2. The lowest BCUT2D eigenvalue weighted by atomic mass is 10.1. The van der Waals surface area contributed by atoms with Gasteiger partial charge < -0.3 is 10.2 Å². The molecule has 3 rings (SSSR count). The van der Waals surface area contributed by atoms with Gasteiger partial charge in [-0.3, -0.25) is 9.59 Å². The van der Waals surface area contributed by atoms with E-state index in [1.807, 2.05) is 31.2 Å². The van der Waals surface area contributed by atoms with E-state index in [-0.39, 0.29) is 35.5 Å². The fourth-order valence-corrected chi connectivity index (χ4v) is 4.96. The van der Waals surface area contributed by atoms with Gasteiger partial charge in [-0.2, -0.15) is 0 Å². The normalized spacial score (nSPS) is 12.1. The molecule has 7 nitrogen and oxygen atoms in total. The first-order valence-electron chi connectivity index (χ1n) is 12.5. The Bertz CT molecular complexity index is 1330. The molecule has 0 fully saturated rings. The fourth-order valence-electron chi connectivity index (χ4n) is 3.92. The van der Waals surface area contributed by atoms with Gasteiger partial charge in [0, 0.05) is 26.1 Å². The summed E-state index contributed by atoms with van der Waals surface area (Å²) in [7, 11) is -3.55. The first kappa shape index (κ1) is 29.0. The predicted octanol–water partition coefficient (Wildman–Crippen LogP) is 4.10. The Morgan fingerprint density at radius 1 is 0.895 bits per heavy atom. The van der Waals surface area contributed by atoms with Crippen LogP contribution >= 0.6 is 0 Å². The molecule has 0 aliphatic carbocycles. The Kier molecular flexibility index (Phi) is 10.2. The maximum Gasteiger partial charge on any atom is 0.242 e. The molecule has 1 atom stereocenters. The molecule has 9 heteroatoms. The first-order valence-corrected chi connectivity index (χ1v) is 14.0. The molecule has 202 valence electrons. The number of benzene rings is 3. The van der Waals surface area contributed by atoms with Crippen molar-refractivity contribution in [2.75, 3.05) is 6.54 Å². The molecule has 0 bridgehead atoms. The number of nitrogens with one attached hydrogen (secondary N) is 2. The van der Waals surface area contributed by atoms with Crippen LogP contribution in [-0.4, -0.2) is 37.7 Å². The molecule has 0 aliphatic rings. The van der Waals surface area contributed by atoms with Crippen molar-refractivity contribution < 1.29 is 22.4 Å². The molecule has 0 radical (unpaired) electrons. The van der Waals surface area contributed by atoms with E-state index < -0.39 is 16.1 Å². The SMILES string of the molecule is CCNS(=O)(=O)c1ccc(CCC(=O)N(Cc2ccc(F)cc2)C(C)C(=O)NCc2ccc(C)cc2)cc1. The minimum Gasteiger partial charge on any atom is -0.350 e. The van der Waals surface area contributed by atoms with Gasteiger partial charge in [0.1, 0.15) is 11.9 Å². The van der Waals surface area contributed by atoms with E-state index in [2.05, 4.69) is 10.0 Å². The quantitative estimate of drug-likeness (QED) is 0.362. The van der Waals surface area contributed by atoms with Gasteiger partial charge >= 0.3 is 0 Å². The summed E-state index contributed by atoms with van der Waals surface area (Å²) in [5, 5.41) is 2.90. The second-order valence-corrected chi connectivity index (χ2v) is 10.9. The fraction of sp³-hybridized carbons (Fsp3) is 0.310. The maximum atomic E-state index is 13.4. The van der Waals surface area contributed by atoms with E-state index in [1.165, 1.54) is 29.2 Å². The van der Waals surface area contributed by atoms with Gasteiger partial charge in [0.05, 0.1) is 4.90 Å². The van der Waals surface area contributed by atoms with Crippen molar-refractivity contribution >= 4 is 21.8 Å². The molecule has 1 unspecified atom stereocenters. The zero-order chi connectivity index (χ0) is 27.7. The van der Waals surface area contributed by atoms with Gasteiger partial charge in [-0.15, -0.1) is 0 Å². The molecule has 0 saturated heterocycles. The van der Waals surface area contributed by atoms with Gasteiger partial charge in [-0.25, -0.2) is 17.5 Å². The van der Waals surface area contributed by atoms with E-state index in [0.29, 0.717) is 25.1 Å². The third-order valence-corrected chi connectivity index (χ3v) is 7.78. The summed E-state index contributed by atoms with van der Waals surface area (Å²) in [6, 6.07) is 19.3. The molecule has 2 N–H and O–H groups in total. The van der Waals surface area contributed by atoms with Crippen LogP contribution in [0.25, 0.3) is 0 Å². The highest BCUT2D eigenvalue weighted by atomic mass is 32.2. The van der Waals surface area contributed by atoms with Gasteiger partial charge in [0.2, 0.25) is 21.8 Å². The molecule has 0 aromatic heterocycles. The van der Waals surface area contributed by atoms with Crippen LogP contribution < -0.4 is 10.0 Å². The molecule has 38 heavy (non-hydrogen) atoms. The van der Waals surface area contributed by atoms with Crippen LogP contribution in [0.1, 0.15) is 42.5 Å². The van der Waals surface area contributed by atoms with Crippen molar-refractivity contribution in [2.24, 2.45) is 0 Å².